The van der Waals surface area contributed by atoms with Crippen LogP contribution in [-0.2, 0) is 6.61 Å². The van der Waals surface area contributed by atoms with E-state index in [-0.39, 0.29) is 0 Å². The van der Waals surface area contributed by atoms with Gasteiger partial charge in [-0.2, -0.15) is 15.6 Å². The molecule has 34 heavy (non-hydrogen) atoms. The highest BCUT2D eigenvalue weighted by Crippen LogP contribution is 2.29. The molecule has 0 aliphatic carbocycles. The third-order valence-corrected chi connectivity index (χ3v) is 6.52. The van der Waals surface area contributed by atoms with E-state index in [2.05, 4.69) is 49.1 Å². The fraction of sp³-hybridized carbons (Fsp3) is 0.115. The van der Waals surface area contributed by atoms with Crippen LogP contribution in [0.1, 0.15) is 11.1 Å². The molecule has 0 saturated carbocycles. The van der Waals surface area contributed by atoms with Crippen molar-refractivity contribution in [2.24, 2.45) is 16.8 Å². The largest absolute Gasteiger partial charge is 0.489 e. The topological polar surface area (TPSA) is 98.4 Å². The minimum absolute atomic E-state index is 0.299. The zero-order chi connectivity index (χ0) is 24.1. The molecule has 3 aromatic rings. The minimum Gasteiger partial charge on any atom is -0.489 e. The number of hydrogen-bond acceptors (Lipinski definition) is 6. The first-order chi connectivity index (χ1) is 16.5. The Bertz CT molecular complexity index is 1320. The number of benzene rings is 3. The Balaban J connectivity index is 1.53. The molecule has 0 fully saturated rings. The Morgan fingerprint density at radius 3 is 2.44 bits per heavy atom. The molecule has 6 nitrogen and oxygen atoms in total. The van der Waals surface area contributed by atoms with Crippen LogP contribution < -0.4 is 15.5 Å². The highest BCUT2D eigenvalue weighted by molar-refractivity contribution is 9.11. The molecule has 0 saturated heterocycles. The first-order valence-electron chi connectivity index (χ1n) is 10.4. The summed E-state index contributed by atoms with van der Waals surface area (Å²) in [6.07, 6.45) is 1.03. The summed E-state index contributed by atoms with van der Waals surface area (Å²) in [5, 5.41) is 25.6. The second-order valence-corrected chi connectivity index (χ2v) is 9.30. The SMILES string of the molecule is N#C/C(=C/c1ccc(OCc2ccc(Br)cc2Br)cc1)C1=NN(c2ccccc2)[C@H](N)[C@H]1C#N. The number of para-hydroxylation sites is 1. The van der Waals surface area contributed by atoms with Crippen LogP contribution in [0, 0.1) is 28.6 Å². The zero-order valence-electron chi connectivity index (χ0n) is 17.9. The number of anilines is 1. The van der Waals surface area contributed by atoms with Crippen molar-refractivity contribution in [3.63, 3.8) is 0 Å². The summed E-state index contributed by atoms with van der Waals surface area (Å²) in [6.45, 7) is 0.417. The molecule has 8 heteroatoms. The van der Waals surface area contributed by atoms with Crippen LogP contribution in [-0.4, -0.2) is 11.9 Å². The lowest BCUT2D eigenvalue weighted by atomic mass is 9.95. The summed E-state index contributed by atoms with van der Waals surface area (Å²) in [4.78, 5) is 0. The Hall–Kier alpha value is -3.43. The molecule has 1 aliphatic rings. The maximum absolute atomic E-state index is 9.81. The molecule has 2 atom stereocenters. The molecular weight excluding hydrogens is 558 g/mol. The number of hydrogen-bond donors (Lipinski definition) is 1. The minimum atomic E-state index is -0.724. The molecule has 2 N–H and O–H groups in total. The molecule has 3 aromatic carbocycles. The van der Waals surface area contributed by atoms with Crippen molar-refractivity contribution < 1.29 is 4.74 Å². The molecule has 0 unspecified atom stereocenters. The number of nitrogens with two attached hydrogens (primary N) is 1. The van der Waals surface area contributed by atoms with Crippen molar-refractivity contribution in [2.75, 3.05) is 5.01 Å². The van der Waals surface area contributed by atoms with Gasteiger partial charge >= 0.3 is 0 Å². The molecule has 4 rings (SSSR count). The lowest BCUT2D eigenvalue weighted by molar-refractivity contribution is 0.305. The average Bonchev–Trinajstić information content (AvgIpc) is 3.19. The Kier molecular flexibility index (Phi) is 7.44. The van der Waals surface area contributed by atoms with Gasteiger partial charge in [0.2, 0.25) is 0 Å². The number of ether oxygens (including phenoxy) is 1. The van der Waals surface area contributed by atoms with Crippen LogP contribution in [0.15, 0.2) is 92.4 Å². The van der Waals surface area contributed by atoms with Crippen molar-refractivity contribution in [3.8, 4) is 17.9 Å². The van der Waals surface area contributed by atoms with Gasteiger partial charge in [-0.05, 0) is 48.0 Å². The molecule has 0 aromatic heterocycles. The van der Waals surface area contributed by atoms with E-state index in [1.807, 2.05) is 72.8 Å². The number of hydrazone groups is 1. The summed E-state index contributed by atoms with van der Waals surface area (Å²) >= 11 is 6.98. The van der Waals surface area contributed by atoms with Crippen molar-refractivity contribution in [1.82, 2.24) is 0 Å². The van der Waals surface area contributed by atoms with E-state index in [0.29, 0.717) is 23.6 Å². The first kappa shape index (κ1) is 23.7. The standard InChI is InChI=1S/C26H19Br2N5O/c27-20-9-8-18(24(28)13-20)16-34-22-10-6-17(7-11-22)12-19(14-29)25-23(15-30)26(31)33(32-25)21-4-2-1-3-5-21/h1-13,23,26H,16,31H2/b19-12-/t23-,26-/m0/s1. The third-order valence-electron chi connectivity index (χ3n) is 5.29. The van der Waals surface area contributed by atoms with E-state index in [4.69, 9.17) is 10.5 Å². The van der Waals surface area contributed by atoms with Gasteiger partial charge in [-0.15, -0.1) is 0 Å². The summed E-state index contributed by atoms with van der Waals surface area (Å²) in [6, 6.07) is 27.1. The van der Waals surface area contributed by atoms with Gasteiger partial charge in [0.15, 0.2) is 0 Å². The Morgan fingerprint density at radius 1 is 1.06 bits per heavy atom. The quantitative estimate of drug-likeness (QED) is 0.363. The second-order valence-electron chi connectivity index (χ2n) is 7.53. The maximum Gasteiger partial charge on any atom is 0.127 e. The average molecular weight is 577 g/mol. The van der Waals surface area contributed by atoms with E-state index >= 15 is 0 Å². The number of halogens is 2. The van der Waals surface area contributed by atoms with Gasteiger partial charge in [0, 0.05) is 14.5 Å². The number of rotatable bonds is 6. The predicted octanol–water partition coefficient (Wildman–Crippen LogP) is 6.00. The van der Waals surface area contributed by atoms with Gasteiger partial charge in [-0.25, -0.2) is 5.01 Å². The number of allylic oxidation sites excluding steroid dienone is 1. The Labute approximate surface area is 214 Å². The smallest absolute Gasteiger partial charge is 0.127 e. The Morgan fingerprint density at radius 2 is 1.79 bits per heavy atom. The number of nitriles is 2. The van der Waals surface area contributed by atoms with Crippen molar-refractivity contribution in [1.29, 1.82) is 10.5 Å². The van der Waals surface area contributed by atoms with Gasteiger partial charge in [0.05, 0.1) is 23.0 Å². The van der Waals surface area contributed by atoms with Crippen LogP contribution in [0.25, 0.3) is 6.08 Å². The lowest BCUT2D eigenvalue weighted by Gasteiger charge is -2.21. The fourth-order valence-corrected chi connectivity index (χ4v) is 4.67. The first-order valence-corrected chi connectivity index (χ1v) is 12.0. The van der Waals surface area contributed by atoms with Crippen molar-refractivity contribution in [2.45, 2.75) is 12.8 Å². The van der Waals surface area contributed by atoms with Gasteiger partial charge in [-0.1, -0.05) is 68.3 Å². The van der Waals surface area contributed by atoms with Crippen molar-refractivity contribution >= 4 is 49.3 Å². The summed E-state index contributed by atoms with van der Waals surface area (Å²) < 4.78 is 7.85. The van der Waals surface area contributed by atoms with Crippen LogP contribution >= 0.6 is 31.9 Å². The fourth-order valence-electron chi connectivity index (χ4n) is 3.51. The van der Waals surface area contributed by atoms with Crippen LogP contribution in [0.5, 0.6) is 5.75 Å². The second kappa shape index (κ2) is 10.7. The normalized spacial score (nSPS) is 17.6. The summed E-state index contributed by atoms with van der Waals surface area (Å²) in [7, 11) is 0. The number of nitrogens with zero attached hydrogens (tertiary/aromatic N) is 4. The summed E-state index contributed by atoms with van der Waals surface area (Å²) in [5.74, 6) is -0.0195. The third kappa shape index (κ3) is 5.21. The molecule has 1 aliphatic heterocycles. The van der Waals surface area contributed by atoms with Gasteiger partial charge in [-0.3, -0.25) is 0 Å². The molecular formula is C26H19Br2N5O. The van der Waals surface area contributed by atoms with Crippen LogP contribution in [0.2, 0.25) is 0 Å². The van der Waals surface area contributed by atoms with E-state index < -0.39 is 12.1 Å². The zero-order valence-corrected chi connectivity index (χ0v) is 21.1. The van der Waals surface area contributed by atoms with Crippen LogP contribution in [0.3, 0.4) is 0 Å². The highest BCUT2D eigenvalue weighted by Gasteiger charge is 2.37. The van der Waals surface area contributed by atoms with E-state index in [9.17, 15) is 10.5 Å². The molecule has 0 radical (unpaired) electrons. The molecule has 0 spiro atoms. The molecule has 0 amide bonds. The predicted molar refractivity (Wildman–Crippen MR) is 140 cm³/mol. The van der Waals surface area contributed by atoms with Crippen LogP contribution in [0.4, 0.5) is 5.69 Å². The lowest BCUT2D eigenvalue weighted by Crippen LogP contribution is -2.40. The van der Waals surface area contributed by atoms with Gasteiger partial charge in [0.1, 0.15) is 30.5 Å². The van der Waals surface area contributed by atoms with Gasteiger partial charge in [0.25, 0.3) is 0 Å². The van der Waals surface area contributed by atoms with E-state index in [1.54, 1.807) is 11.1 Å². The molecule has 168 valence electrons. The molecule has 0 bridgehead atoms. The maximum atomic E-state index is 9.81. The highest BCUT2D eigenvalue weighted by atomic mass is 79.9. The molecule has 1 heterocycles. The monoisotopic (exact) mass is 575 g/mol. The summed E-state index contributed by atoms with van der Waals surface area (Å²) in [5.41, 5.74) is 9.54. The van der Waals surface area contributed by atoms with E-state index in [1.165, 1.54) is 0 Å². The van der Waals surface area contributed by atoms with Crippen molar-refractivity contribution in [3.05, 3.63) is 98.4 Å². The van der Waals surface area contributed by atoms with E-state index in [0.717, 1.165) is 25.8 Å². The van der Waals surface area contributed by atoms with Gasteiger partial charge < -0.3 is 10.5 Å².